The van der Waals surface area contributed by atoms with Crippen molar-refractivity contribution in [3.05, 3.63) is 29.3 Å². The molecule has 1 fully saturated rings. The standard InChI is InChI=1S/C13H14F2N2O/c14-11-5-10(7-16)6-12(15)13(11)18-8-9-1-3-17-4-2-9/h5-6,9,17H,1-4,8H2. The van der Waals surface area contributed by atoms with Gasteiger partial charge in [0.15, 0.2) is 17.4 Å². The van der Waals surface area contributed by atoms with E-state index in [0.717, 1.165) is 38.1 Å². The van der Waals surface area contributed by atoms with E-state index in [4.69, 9.17) is 10.00 Å². The van der Waals surface area contributed by atoms with E-state index < -0.39 is 11.6 Å². The Bertz CT molecular complexity index is 442. The van der Waals surface area contributed by atoms with E-state index in [1.807, 2.05) is 0 Å². The molecule has 0 saturated carbocycles. The van der Waals surface area contributed by atoms with Crippen molar-refractivity contribution >= 4 is 0 Å². The second-order valence-electron chi connectivity index (χ2n) is 4.39. The van der Waals surface area contributed by atoms with Crippen LogP contribution in [0.5, 0.6) is 5.75 Å². The molecule has 1 aromatic carbocycles. The van der Waals surface area contributed by atoms with Gasteiger partial charge in [-0.2, -0.15) is 5.26 Å². The molecule has 1 aliphatic heterocycles. The maximum atomic E-state index is 13.5. The van der Waals surface area contributed by atoms with Crippen LogP contribution in [-0.4, -0.2) is 19.7 Å². The Hall–Kier alpha value is -1.67. The average molecular weight is 252 g/mol. The van der Waals surface area contributed by atoms with Crippen LogP contribution < -0.4 is 10.1 Å². The highest BCUT2D eigenvalue weighted by Crippen LogP contribution is 2.24. The van der Waals surface area contributed by atoms with E-state index in [0.29, 0.717) is 12.5 Å². The lowest BCUT2D eigenvalue weighted by Gasteiger charge is -2.22. The van der Waals surface area contributed by atoms with Crippen molar-refractivity contribution in [1.29, 1.82) is 5.26 Å². The van der Waals surface area contributed by atoms with Crippen LogP contribution in [0.3, 0.4) is 0 Å². The molecule has 0 radical (unpaired) electrons. The molecular weight excluding hydrogens is 238 g/mol. The van der Waals surface area contributed by atoms with Gasteiger partial charge in [-0.15, -0.1) is 0 Å². The minimum Gasteiger partial charge on any atom is -0.487 e. The first-order chi connectivity index (χ1) is 8.70. The summed E-state index contributed by atoms with van der Waals surface area (Å²) in [4.78, 5) is 0. The molecule has 0 aliphatic carbocycles. The number of nitrogens with one attached hydrogen (secondary N) is 1. The maximum Gasteiger partial charge on any atom is 0.190 e. The fourth-order valence-corrected chi connectivity index (χ4v) is 2.01. The van der Waals surface area contributed by atoms with Gasteiger partial charge in [-0.1, -0.05) is 0 Å². The molecule has 2 rings (SSSR count). The molecule has 0 atom stereocenters. The summed E-state index contributed by atoms with van der Waals surface area (Å²) in [5, 5.41) is 11.8. The summed E-state index contributed by atoms with van der Waals surface area (Å²) in [5.41, 5.74) is -0.0424. The Morgan fingerprint density at radius 3 is 2.44 bits per heavy atom. The first-order valence-electron chi connectivity index (χ1n) is 5.93. The van der Waals surface area contributed by atoms with Crippen molar-refractivity contribution in [2.24, 2.45) is 5.92 Å². The average Bonchev–Trinajstić information content (AvgIpc) is 2.38. The predicted octanol–water partition coefficient (Wildman–Crippen LogP) is 2.21. The lowest BCUT2D eigenvalue weighted by atomic mass is 9.99. The molecule has 1 N–H and O–H groups in total. The van der Waals surface area contributed by atoms with Crippen molar-refractivity contribution in [3.63, 3.8) is 0 Å². The number of rotatable bonds is 3. The molecule has 0 aromatic heterocycles. The monoisotopic (exact) mass is 252 g/mol. The molecule has 18 heavy (non-hydrogen) atoms. The van der Waals surface area contributed by atoms with Gasteiger partial charge in [0.1, 0.15) is 0 Å². The van der Waals surface area contributed by atoms with Crippen LogP contribution in [0.25, 0.3) is 0 Å². The van der Waals surface area contributed by atoms with Crippen LogP contribution >= 0.6 is 0 Å². The number of nitrogens with zero attached hydrogens (tertiary/aromatic N) is 1. The first-order valence-corrected chi connectivity index (χ1v) is 5.93. The molecular formula is C13H14F2N2O. The van der Waals surface area contributed by atoms with Gasteiger partial charge >= 0.3 is 0 Å². The van der Waals surface area contributed by atoms with Crippen LogP contribution in [0, 0.1) is 28.9 Å². The minimum atomic E-state index is -0.819. The minimum absolute atomic E-state index is 0.0424. The molecule has 3 nitrogen and oxygen atoms in total. The van der Waals surface area contributed by atoms with E-state index >= 15 is 0 Å². The van der Waals surface area contributed by atoms with Gasteiger partial charge in [-0.25, -0.2) is 8.78 Å². The van der Waals surface area contributed by atoms with Gasteiger partial charge < -0.3 is 10.1 Å². The summed E-state index contributed by atoms with van der Waals surface area (Å²) >= 11 is 0. The first kappa shape index (κ1) is 12.8. The number of piperidine rings is 1. The SMILES string of the molecule is N#Cc1cc(F)c(OCC2CCNCC2)c(F)c1. The van der Waals surface area contributed by atoms with Crippen molar-refractivity contribution in [2.45, 2.75) is 12.8 Å². The summed E-state index contributed by atoms with van der Waals surface area (Å²) in [5.74, 6) is -1.70. The third kappa shape index (κ3) is 2.96. The van der Waals surface area contributed by atoms with Crippen LogP contribution in [-0.2, 0) is 0 Å². The molecule has 0 unspecified atom stereocenters. The lowest BCUT2D eigenvalue weighted by molar-refractivity contribution is 0.201. The molecule has 1 saturated heterocycles. The fourth-order valence-electron chi connectivity index (χ4n) is 2.01. The highest BCUT2D eigenvalue weighted by atomic mass is 19.1. The summed E-state index contributed by atoms with van der Waals surface area (Å²) in [7, 11) is 0. The molecule has 5 heteroatoms. The Kier molecular flexibility index (Phi) is 4.11. The summed E-state index contributed by atoms with van der Waals surface area (Å²) < 4.78 is 32.3. The van der Waals surface area contributed by atoms with Crippen molar-refractivity contribution in [1.82, 2.24) is 5.32 Å². The number of hydrogen-bond donors (Lipinski definition) is 1. The molecule has 1 heterocycles. The second kappa shape index (κ2) is 5.78. The fraction of sp³-hybridized carbons (Fsp3) is 0.462. The van der Waals surface area contributed by atoms with E-state index in [9.17, 15) is 8.78 Å². The normalized spacial score (nSPS) is 16.3. The largest absolute Gasteiger partial charge is 0.487 e. The highest BCUT2D eigenvalue weighted by Gasteiger charge is 2.17. The Morgan fingerprint density at radius 1 is 1.28 bits per heavy atom. The number of ether oxygens (including phenoxy) is 1. The van der Waals surface area contributed by atoms with E-state index in [-0.39, 0.29) is 11.3 Å². The van der Waals surface area contributed by atoms with Gasteiger partial charge in [0.25, 0.3) is 0 Å². The number of halogens is 2. The zero-order chi connectivity index (χ0) is 13.0. The van der Waals surface area contributed by atoms with Gasteiger partial charge in [0, 0.05) is 0 Å². The van der Waals surface area contributed by atoms with E-state index in [1.165, 1.54) is 0 Å². The number of nitriles is 1. The van der Waals surface area contributed by atoms with Crippen molar-refractivity contribution < 1.29 is 13.5 Å². The van der Waals surface area contributed by atoms with Gasteiger partial charge in [0.2, 0.25) is 0 Å². The van der Waals surface area contributed by atoms with Gasteiger partial charge in [-0.3, -0.25) is 0 Å². The summed E-state index contributed by atoms with van der Waals surface area (Å²) in [6.45, 7) is 2.13. The van der Waals surface area contributed by atoms with Crippen LogP contribution in [0.4, 0.5) is 8.78 Å². The van der Waals surface area contributed by atoms with E-state index in [2.05, 4.69) is 5.32 Å². The topological polar surface area (TPSA) is 45.0 Å². The van der Waals surface area contributed by atoms with E-state index in [1.54, 1.807) is 6.07 Å². The molecule has 0 amide bonds. The Morgan fingerprint density at radius 2 is 1.89 bits per heavy atom. The molecule has 1 aromatic rings. The summed E-state index contributed by atoms with van der Waals surface area (Å²) in [6.07, 6.45) is 1.89. The van der Waals surface area contributed by atoms with Crippen LogP contribution in [0.1, 0.15) is 18.4 Å². The molecule has 96 valence electrons. The van der Waals surface area contributed by atoms with Crippen LogP contribution in [0.2, 0.25) is 0 Å². The smallest absolute Gasteiger partial charge is 0.190 e. The summed E-state index contributed by atoms with van der Waals surface area (Å²) in [6, 6.07) is 3.67. The number of hydrogen-bond acceptors (Lipinski definition) is 3. The van der Waals surface area contributed by atoms with Gasteiger partial charge in [-0.05, 0) is 44.0 Å². The quantitative estimate of drug-likeness (QED) is 0.897. The Balaban J connectivity index is 2.02. The zero-order valence-corrected chi connectivity index (χ0v) is 9.88. The van der Waals surface area contributed by atoms with Gasteiger partial charge in [0.05, 0.1) is 18.2 Å². The van der Waals surface area contributed by atoms with Crippen LogP contribution in [0.15, 0.2) is 12.1 Å². The maximum absolute atomic E-state index is 13.5. The van der Waals surface area contributed by atoms with Crippen molar-refractivity contribution in [2.75, 3.05) is 19.7 Å². The number of benzene rings is 1. The third-order valence-electron chi connectivity index (χ3n) is 3.05. The zero-order valence-electron chi connectivity index (χ0n) is 9.88. The highest BCUT2D eigenvalue weighted by molar-refractivity contribution is 5.37. The third-order valence-corrected chi connectivity index (χ3v) is 3.05. The molecule has 0 spiro atoms. The Labute approximate surface area is 104 Å². The lowest BCUT2D eigenvalue weighted by Crippen LogP contribution is -2.30. The second-order valence-corrected chi connectivity index (χ2v) is 4.39. The molecule has 0 bridgehead atoms. The predicted molar refractivity (Wildman–Crippen MR) is 62.2 cm³/mol. The molecule has 1 aliphatic rings. The van der Waals surface area contributed by atoms with Crippen molar-refractivity contribution in [3.8, 4) is 11.8 Å².